The highest BCUT2D eigenvalue weighted by molar-refractivity contribution is 5.95. The average molecular weight is 308 g/mol. The SMILES string of the molecule is NC1CCCC(C(=O)N(Cc2ccccc2)c2ccccc2)C1. The van der Waals surface area contributed by atoms with Crippen molar-refractivity contribution in [3.05, 3.63) is 66.2 Å². The predicted octanol–water partition coefficient (Wildman–Crippen LogP) is 3.74. The Hall–Kier alpha value is -2.13. The summed E-state index contributed by atoms with van der Waals surface area (Å²) in [6, 6.07) is 20.3. The van der Waals surface area contributed by atoms with E-state index >= 15 is 0 Å². The minimum absolute atomic E-state index is 0.0441. The second kappa shape index (κ2) is 7.42. The van der Waals surface area contributed by atoms with Gasteiger partial charge in [0, 0.05) is 17.6 Å². The molecular weight excluding hydrogens is 284 g/mol. The maximum absolute atomic E-state index is 13.1. The standard InChI is InChI=1S/C20H24N2O/c21-18-11-7-10-17(14-18)20(23)22(19-12-5-2-6-13-19)15-16-8-3-1-4-9-16/h1-6,8-9,12-13,17-18H,7,10-11,14-15,21H2. The third kappa shape index (κ3) is 3.99. The third-order valence-corrected chi connectivity index (χ3v) is 4.58. The zero-order valence-corrected chi connectivity index (χ0v) is 13.4. The molecule has 0 aliphatic heterocycles. The van der Waals surface area contributed by atoms with Crippen molar-refractivity contribution in [1.29, 1.82) is 0 Å². The van der Waals surface area contributed by atoms with Crippen LogP contribution in [0.1, 0.15) is 31.2 Å². The minimum atomic E-state index is 0.0441. The quantitative estimate of drug-likeness (QED) is 0.935. The van der Waals surface area contributed by atoms with Crippen molar-refractivity contribution < 1.29 is 4.79 Å². The number of amides is 1. The van der Waals surface area contributed by atoms with Gasteiger partial charge < -0.3 is 10.6 Å². The van der Waals surface area contributed by atoms with Crippen LogP contribution in [0.4, 0.5) is 5.69 Å². The van der Waals surface area contributed by atoms with Gasteiger partial charge in [-0.1, -0.05) is 55.0 Å². The fourth-order valence-corrected chi connectivity index (χ4v) is 3.34. The predicted molar refractivity (Wildman–Crippen MR) is 94.0 cm³/mol. The number of carbonyl (C=O) groups is 1. The van der Waals surface area contributed by atoms with E-state index < -0.39 is 0 Å². The molecule has 2 atom stereocenters. The maximum atomic E-state index is 13.1. The topological polar surface area (TPSA) is 46.3 Å². The zero-order chi connectivity index (χ0) is 16.1. The molecule has 1 saturated carbocycles. The van der Waals surface area contributed by atoms with Gasteiger partial charge in [-0.05, 0) is 37.0 Å². The zero-order valence-electron chi connectivity index (χ0n) is 13.4. The van der Waals surface area contributed by atoms with Gasteiger partial charge in [-0.25, -0.2) is 0 Å². The maximum Gasteiger partial charge on any atom is 0.230 e. The van der Waals surface area contributed by atoms with Crippen molar-refractivity contribution in [2.24, 2.45) is 11.7 Å². The normalized spacial score (nSPS) is 20.9. The van der Waals surface area contributed by atoms with E-state index in [0.717, 1.165) is 36.9 Å². The molecule has 0 aromatic heterocycles. The first kappa shape index (κ1) is 15.8. The Kier molecular flexibility index (Phi) is 5.09. The van der Waals surface area contributed by atoms with Crippen LogP contribution in [0.3, 0.4) is 0 Å². The Balaban J connectivity index is 1.84. The molecule has 0 saturated heterocycles. The van der Waals surface area contributed by atoms with Crippen molar-refractivity contribution >= 4 is 11.6 Å². The molecule has 2 unspecified atom stereocenters. The van der Waals surface area contributed by atoms with E-state index in [9.17, 15) is 4.79 Å². The van der Waals surface area contributed by atoms with Crippen LogP contribution in [-0.2, 0) is 11.3 Å². The van der Waals surface area contributed by atoms with Crippen molar-refractivity contribution in [3.63, 3.8) is 0 Å². The molecule has 0 spiro atoms. The number of nitrogens with zero attached hydrogens (tertiary/aromatic N) is 1. The number of nitrogens with two attached hydrogens (primary N) is 1. The highest BCUT2D eigenvalue weighted by Crippen LogP contribution is 2.28. The smallest absolute Gasteiger partial charge is 0.230 e. The third-order valence-electron chi connectivity index (χ3n) is 4.58. The summed E-state index contributed by atoms with van der Waals surface area (Å²) in [6.45, 7) is 0.607. The molecule has 0 radical (unpaired) electrons. The number of para-hydroxylation sites is 1. The Morgan fingerprint density at radius 3 is 2.30 bits per heavy atom. The summed E-state index contributed by atoms with van der Waals surface area (Å²) in [7, 11) is 0. The fraction of sp³-hybridized carbons (Fsp3) is 0.350. The van der Waals surface area contributed by atoms with Crippen molar-refractivity contribution in [2.75, 3.05) is 4.90 Å². The highest BCUT2D eigenvalue weighted by Gasteiger charge is 2.29. The van der Waals surface area contributed by atoms with E-state index in [-0.39, 0.29) is 17.9 Å². The monoisotopic (exact) mass is 308 g/mol. The van der Waals surface area contributed by atoms with E-state index in [1.807, 2.05) is 53.4 Å². The molecule has 0 heterocycles. The summed E-state index contributed by atoms with van der Waals surface area (Å²) in [5, 5.41) is 0. The van der Waals surface area contributed by atoms with E-state index in [2.05, 4.69) is 12.1 Å². The van der Waals surface area contributed by atoms with E-state index in [1.54, 1.807) is 0 Å². The molecule has 1 fully saturated rings. The summed E-state index contributed by atoms with van der Waals surface area (Å²) >= 11 is 0. The van der Waals surface area contributed by atoms with E-state index in [1.165, 1.54) is 0 Å². The number of hydrogen-bond acceptors (Lipinski definition) is 2. The van der Waals surface area contributed by atoms with Crippen LogP contribution in [0.25, 0.3) is 0 Å². The number of carbonyl (C=O) groups excluding carboxylic acids is 1. The highest BCUT2D eigenvalue weighted by atomic mass is 16.2. The number of benzene rings is 2. The van der Waals surface area contributed by atoms with Crippen LogP contribution in [0.15, 0.2) is 60.7 Å². The van der Waals surface area contributed by atoms with Crippen LogP contribution in [-0.4, -0.2) is 11.9 Å². The lowest BCUT2D eigenvalue weighted by atomic mass is 9.85. The van der Waals surface area contributed by atoms with Crippen LogP contribution >= 0.6 is 0 Å². The van der Waals surface area contributed by atoms with Crippen molar-refractivity contribution in [3.8, 4) is 0 Å². The lowest BCUT2D eigenvalue weighted by Crippen LogP contribution is -2.40. The first-order valence-electron chi connectivity index (χ1n) is 8.40. The second-order valence-corrected chi connectivity index (χ2v) is 6.37. The molecule has 3 nitrogen and oxygen atoms in total. The molecule has 2 N–H and O–H groups in total. The lowest BCUT2D eigenvalue weighted by molar-refractivity contribution is -0.123. The second-order valence-electron chi connectivity index (χ2n) is 6.37. The van der Waals surface area contributed by atoms with E-state index in [4.69, 9.17) is 5.73 Å². The Morgan fingerprint density at radius 1 is 1.00 bits per heavy atom. The van der Waals surface area contributed by atoms with E-state index in [0.29, 0.717) is 6.54 Å². The Bertz CT molecular complexity index is 627. The van der Waals surface area contributed by atoms with Crippen LogP contribution < -0.4 is 10.6 Å². The number of rotatable bonds is 4. The van der Waals surface area contributed by atoms with Crippen LogP contribution in [0.5, 0.6) is 0 Å². The average Bonchev–Trinajstić information content (AvgIpc) is 2.61. The van der Waals surface area contributed by atoms with Crippen molar-refractivity contribution in [1.82, 2.24) is 0 Å². The fourth-order valence-electron chi connectivity index (χ4n) is 3.34. The van der Waals surface area contributed by atoms with Gasteiger partial charge in [0.15, 0.2) is 0 Å². The van der Waals surface area contributed by atoms with Gasteiger partial charge in [0.05, 0.1) is 6.54 Å². The summed E-state index contributed by atoms with van der Waals surface area (Å²) < 4.78 is 0. The molecule has 3 heteroatoms. The van der Waals surface area contributed by atoms with Gasteiger partial charge in [0.2, 0.25) is 5.91 Å². The summed E-state index contributed by atoms with van der Waals surface area (Å²) in [6.07, 6.45) is 3.83. The molecule has 23 heavy (non-hydrogen) atoms. The summed E-state index contributed by atoms with van der Waals surface area (Å²) in [5.74, 6) is 0.248. The van der Waals surface area contributed by atoms with Gasteiger partial charge in [0.1, 0.15) is 0 Å². The molecule has 1 amide bonds. The van der Waals surface area contributed by atoms with Gasteiger partial charge >= 0.3 is 0 Å². The Labute approximate surface area is 138 Å². The molecule has 2 aromatic carbocycles. The summed E-state index contributed by atoms with van der Waals surface area (Å²) in [4.78, 5) is 15.0. The molecule has 1 aliphatic carbocycles. The largest absolute Gasteiger partial charge is 0.328 e. The number of anilines is 1. The first-order valence-corrected chi connectivity index (χ1v) is 8.40. The van der Waals surface area contributed by atoms with Gasteiger partial charge in [-0.15, -0.1) is 0 Å². The lowest BCUT2D eigenvalue weighted by Gasteiger charge is -2.31. The first-order chi connectivity index (χ1) is 11.2. The number of hydrogen-bond donors (Lipinski definition) is 1. The van der Waals surface area contributed by atoms with Gasteiger partial charge in [-0.2, -0.15) is 0 Å². The van der Waals surface area contributed by atoms with Crippen LogP contribution in [0.2, 0.25) is 0 Å². The van der Waals surface area contributed by atoms with Gasteiger partial charge in [-0.3, -0.25) is 4.79 Å². The molecule has 3 rings (SSSR count). The van der Waals surface area contributed by atoms with Gasteiger partial charge in [0.25, 0.3) is 0 Å². The molecule has 0 bridgehead atoms. The molecule has 120 valence electrons. The van der Waals surface area contributed by atoms with Crippen LogP contribution in [0, 0.1) is 5.92 Å². The Morgan fingerprint density at radius 2 is 1.65 bits per heavy atom. The molecular formula is C20H24N2O. The molecule has 2 aromatic rings. The molecule has 1 aliphatic rings. The van der Waals surface area contributed by atoms with Crippen molar-refractivity contribution in [2.45, 2.75) is 38.3 Å². The summed E-state index contributed by atoms with van der Waals surface area (Å²) in [5.41, 5.74) is 8.19. The minimum Gasteiger partial charge on any atom is -0.328 e.